The standard InChI is InChI=1S/C25H23N3O2S/c1-18(31-25-26-16-17-28(25)20-12-14-21(30-2)15-13-20)24(29)27-23-11-7-6-10-22(23)19-8-4-3-5-9-19/h3-18H,1-2H3,(H,27,29)/t18-/m1/s1. The molecule has 31 heavy (non-hydrogen) atoms. The average Bonchev–Trinajstić information content (AvgIpc) is 3.28. The number of nitrogens with zero attached hydrogens (tertiary/aromatic N) is 2. The van der Waals surface area contributed by atoms with Crippen molar-refractivity contribution in [3.8, 4) is 22.6 Å². The number of benzene rings is 3. The lowest BCUT2D eigenvalue weighted by Crippen LogP contribution is -2.23. The first-order valence-electron chi connectivity index (χ1n) is 9.95. The van der Waals surface area contributed by atoms with Crippen LogP contribution in [-0.2, 0) is 4.79 Å². The van der Waals surface area contributed by atoms with Crippen LogP contribution in [-0.4, -0.2) is 27.8 Å². The van der Waals surface area contributed by atoms with Crippen molar-refractivity contribution in [3.63, 3.8) is 0 Å². The number of carbonyl (C=O) groups is 1. The zero-order valence-electron chi connectivity index (χ0n) is 17.4. The van der Waals surface area contributed by atoms with Crippen LogP contribution < -0.4 is 10.1 Å². The van der Waals surface area contributed by atoms with E-state index in [1.165, 1.54) is 11.8 Å². The Labute approximate surface area is 186 Å². The average molecular weight is 430 g/mol. The molecule has 1 heterocycles. The molecular formula is C25H23N3O2S. The normalized spacial score (nSPS) is 11.7. The van der Waals surface area contributed by atoms with E-state index < -0.39 is 0 Å². The smallest absolute Gasteiger partial charge is 0.237 e. The van der Waals surface area contributed by atoms with Crippen molar-refractivity contribution in [1.29, 1.82) is 0 Å². The van der Waals surface area contributed by atoms with Crippen LogP contribution in [0.2, 0.25) is 0 Å². The second kappa shape index (κ2) is 9.53. The number of para-hydroxylation sites is 1. The van der Waals surface area contributed by atoms with Crippen LogP contribution in [0.4, 0.5) is 5.69 Å². The fourth-order valence-corrected chi connectivity index (χ4v) is 4.11. The molecule has 0 saturated heterocycles. The summed E-state index contributed by atoms with van der Waals surface area (Å²) in [5.41, 5.74) is 3.81. The van der Waals surface area contributed by atoms with Gasteiger partial charge in [-0.15, -0.1) is 0 Å². The van der Waals surface area contributed by atoms with E-state index in [-0.39, 0.29) is 11.2 Å². The summed E-state index contributed by atoms with van der Waals surface area (Å²) in [5, 5.41) is 3.51. The molecule has 1 N–H and O–H groups in total. The Morgan fingerprint density at radius 3 is 2.45 bits per heavy atom. The first kappa shape index (κ1) is 20.8. The van der Waals surface area contributed by atoms with Gasteiger partial charge in [0.1, 0.15) is 5.75 Å². The SMILES string of the molecule is COc1ccc(-n2ccnc2S[C@H](C)C(=O)Nc2ccccc2-c2ccccc2)cc1. The maximum atomic E-state index is 13.0. The summed E-state index contributed by atoms with van der Waals surface area (Å²) < 4.78 is 7.19. The van der Waals surface area contributed by atoms with Crippen LogP contribution in [0.3, 0.4) is 0 Å². The van der Waals surface area contributed by atoms with Crippen LogP contribution in [0.1, 0.15) is 6.92 Å². The highest BCUT2D eigenvalue weighted by atomic mass is 32.2. The highest BCUT2D eigenvalue weighted by molar-refractivity contribution is 8.00. The second-order valence-electron chi connectivity index (χ2n) is 6.94. The number of amides is 1. The first-order chi connectivity index (χ1) is 15.2. The largest absolute Gasteiger partial charge is 0.497 e. The lowest BCUT2D eigenvalue weighted by Gasteiger charge is -2.15. The van der Waals surface area contributed by atoms with E-state index in [1.54, 1.807) is 13.3 Å². The predicted octanol–water partition coefficient (Wildman–Crippen LogP) is 5.67. The minimum absolute atomic E-state index is 0.0716. The van der Waals surface area contributed by atoms with Gasteiger partial charge in [-0.05, 0) is 42.8 Å². The molecule has 0 aliphatic heterocycles. The van der Waals surface area contributed by atoms with Gasteiger partial charge in [0, 0.05) is 29.3 Å². The molecule has 0 bridgehead atoms. The Hall–Kier alpha value is -3.51. The van der Waals surface area contributed by atoms with Crippen LogP contribution >= 0.6 is 11.8 Å². The minimum Gasteiger partial charge on any atom is -0.497 e. The van der Waals surface area contributed by atoms with Gasteiger partial charge in [0.05, 0.1) is 12.4 Å². The lowest BCUT2D eigenvalue weighted by atomic mass is 10.0. The summed E-state index contributed by atoms with van der Waals surface area (Å²) in [5.74, 6) is 0.723. The van der Waals surface area contributed by atoms with Crippen LogP contribution in [0, 0.1) is 0 Å². The molecule has 4 aromatic rings. The van der Waals surface area contributed by atoms with Gasteiger partial charge < -0.3 is 10.1 Å². The third-order valence-electron chi connectivity index (χ3n) is 4.88. The molecule has 1 aromatic heterocycles. The topological polar surface area (TPSA) is 56.2 Å². The Balaban J connectivity index is 1.49. The fourth-order valence-electron chi connectivity index (χ4n) is 3.22. The van der Waals surface area contributed by atoms with Crippen molar-refractivity contribution in [2.45, 2.75) is 17.3 Å². The molecule has 0 radical (unpaired) electrons. The van der Waals surface area contributed by atoms with Crippen LogP contribution in [0.25, 0.3) is 16.8 Å². The number of hydrogen-bond acceptors (Lipinski definition) is 4. The molecule has 0 unspecified atom stereocenters. The number of anilines is 1. The molecule has 0 saturated carbocycles. The van der Waals surface area contributed by atoms with E-state index in [2.05, 4.69) is 10.3 Å². The van der Waals surface area contributed by atoms with E-state index in [0.29, 0.717) is 0 Å². The number of carbonyl (C=O) groups excluding carboxylic acids is 1. The number of nitrogens with one attached hydrogen (secondary N) is 1. The van der Waals surface area contributed by atoms with Gasteiger partial charge in [0.15, 0.2) is 5.16 Å². The Morgan fingerprint density at radius 2 is 1.71 bits per heavy atom. The summed E-state index contributed by atoms with van der Waals surface area (Å²) >= 11 is 1.42. The monoisotopic (exact) mass is 429 g/mol. The molecular weight excluding hydrogens is 406 g/mol. The van der Waals surface area contributed by atoms with Crippen molar-refractivity contribution in [1.82, 2.24) is 9.55 Å². The quantitative estimate of drug-likeness (QED) is 0.385. The highest BCUT2D eigenvalue weighted by Crippen LogP contribution is 2.30. The van der Waals surface area contributed by atoms with Crippen molar-refractivity contribution in [2.24, 2.45) is 0 Å². The summed E-state index contributed by atoms with van der Waals surface area (Å²) in [6.45, 7) is 1.89. The zero-order chi connectivity index (χ0) is 21.6. The molecule has 3 aromatic carbocycles. The third kappa shape index (κ3) is 4.81. The fraction of sp³-hybridized carbons (Fsp3) is 0.120. The number of thioether (sulfide) groups is 1. The molecule has 4 rings (SSSR count). The lowest BCUT2D eigenvalue weighted by molar-refractivity contribution is -0.115. The summed E-state index contributed by atoms with van der Waals surface area (Å²) in [6, 6.07) is 25.6. The maximum Gasteiger partial charge on any atom is 0.237 e. The molecule has 0 spiro atoms. The summed E-state index contributed by atoms with van der Waals surface area (Å²) in [4.78, 5) is 17.4. The van der Waals surface area contributed by atoms with E-state index >= 15 is 0 Å². The van der Waals surface area contributed by atoms with Gasteiger partial charge >= 0.3 is 0 Å². The minimum atomic E-state index is -0.330. The molecule has 1 amide bonds. The Morgan fingerprint density at radius 1 is 1.00 bits per heavy atom. The molecule has 0 aliphatic carbocycles. The highest BCUT2D eigenvalue weighted by Gasteiger charge is 2.19. The molecule has 0 aliphatic rings. The first-order valence-corrected chi connectivity index (χ1v) is 10.8. The maximum absolute atomic E-state index is 13.0. The molecule has 1 atom stereocenters. The van der Waals surface area contributed by atoms with Crippen molar-refractivity contribution in [3.05, 3.63) is 91.3 Å². The Bertz CT molecular complexity index is 1160. The molecule has 156 valence electrons. The third-order valence-corrected chi connectivity index (χ3v) is 5.96. The van der Waals surface area contributed by atoms with Gasteiger partial charge in [0.25, 0.3) is 0 Å². The summed E-state index contributed by atoms with van der Waals surface area (Å²) in [6.07, 6.45) is 3.63. The van der Waals surface area contributed by atoms with Gasteiger partial charge in [-0.2, -0.15) is 0 Å². The van der Waals surface area contributed by atoms with E-state index in [1.807, 2.05) is 96.6 Å². The molecule has 5 nitrogen and oxygen atoms in total. The predicted molar refractivity (Wildman–Crippen MR) is 126 cm³/mol. The zero-order valence-corrected chi connectivity index (χ0v) is 18.2. The molecule has 6 heteroatoms. The number of hydrogen-bond donors (Lipinski definition) is 1. The van der Waals surface area contributed by atoms with Crippen LogP contribution in [0.15, 0.2) is 96.4 Å². The van der Waals surface area contributed by atoms with Gasteiger partial charge in [-0.25, -0.2) is 4.98 Å². The van der Waals surface area contributed by atoms with Crippen molar-refractivity contribution >= 4 is 23.4 Å². The summed E-state index contributed by atoms with van der Waals surface area (Å²) in [7, 11) is 1.64. The Kier molecular flexibility index (Phi) is 6.38. The van der Waals surface area contributed by atoms with Gasteiger partial charge in [-0.1, -0.05) is 60.3 Å². The number of rotatable bonds is 7. The second-order valence-corrected chi connectivity index (χ2v) is 8.25. The van der Waals surface area contributed by atoms with Crippen molar-refractivity contribution < 1.29 is 9.53 Å². The number of ether oxygens (including phenoxy) is 1. The van der Waals surface area contributed by atoms with E-state index in [0.717, 1.165) is 33.4 Å². The van der Waals surface area contributed by atoms with Crippen molar-refractivity contribution in [2.75, 3.05) is 12.4 Å². The number of imidazole rings is 1. The van der Waals surface area contributed by atoms with E-state index in [4.69, 9.17) is 4.74 Å². The van der Waals surface area contributed by atoms with Crippen LogP contribution in [0.5, 0.6) is 5.75 Å². The molecule has 0 fully saturated rings. The van der Waals surface area contributed by atoms with Gasteiger partial charge in [-0.3, -0.25) is 9.36 Å². The number of aromatic nitrogens is 2. The van der Waals surface area contributed by atoms with Gasteiger partial charge in [0.2, 0.25) is 5.91 Å². The number of methoxy groups -OCH3 is 1. The van der Waals surface area contributed by atoms with E-state index in [9.17, 15) is 4.79 Å².